The van der Waals surface area contributed by atoms with E-state index in [4.69, 9.17) is 0 Å². The minimum atomic E-state index is -5.66. The van der Waals surface area contributed by atoms with Gasteiger partial charge in [0.25, 0.3) is 0 Å². The number of halogens is 6. The third kappa shape index (κ3) is 3.38. The van der Waals surface area contributed by atoms with E-state index in [-0.39, 0.29) is 5.56 Å². The summed E-state index contributed by atoms with van der Waals surface area (Å²) < 4.78 is 79.3. The summed E-state index contributed by atoms with van der Waals surface area (Å²) in [4.78, 5) is 0. The number of hydrogen-bond donors (Lipinski definition) is 0. The highest BCUT2D eigenvalue weighted by atomic mass is 19.4. The number of rotatable bonds is 4. The van der Waals surface area contributed by atoms with Gasteiger partial charge in [-0.3, -0.25) is 0 Å². The summed E-state index contributed by atoms with van der Waals surface area (Å²) in [6.45, 7) is 0. The summed E-state index contributed by atoms with van der Waals surface area (Å²) in [5, 5.41) is 0. The maximum atomic E-state index is 12.9. The summed E-state index contributed by atoms with van der Waals surface area (Å²) in [7, 11) is 0.988. The SMILES string of the molecule is COC(CC(F)(F)C(F)(F)F)c1cccc(F)c1. The van der Waals surface area contributed by atoms with Gasteiger partial charge in [0.1, 0.15) is 5.82 Å². The number of benzene rings is 1. The van der Waals surface area contributed by atoms with Crippen LogP contribution < -0.4 is 0 Å². The van der Waals surface area contributed by atoms with Gasteiger partial charge in [-0.1, -0.05) is 12.1 Å². The molecular weight excluding hydrogens is 262 g/mol. The van der Waals surface area contributed by atoms with Crippen molar-refractivity contribution in [1.29, 1.82) is 0 Å². The van der Waals surface area contributed by atoms with Gasteiger partial charge in [0.2, 0.25) is 0 Å². The van der Waals surface area contributed by atoms with E-state index in [0.717, 1.165) is 19.2 Å². The summed E-state index contributed by atoms with van der Waals surface area (Å²) in [5.41, 5.74) is -0.0681. The van der Waals surface area contributed by atoms with Crippen LogP contribution in [-0.4, -0.2) is 19.2 Å². The van der Waals surface area contributed by atoms with Gasteiger partial charge in [0.15, 0.2) is 0 Å². The van der Waals surface area contributed by atoms with E-state index in [1.165, 1.54) is 12.1 Å². The van der Waals surface area contributed by atoms with Crippen molar-refractivity contribution < 1.29 is 31.1 Å². The molecule has 0 aliphatic rings. The second kappa shape index (κ2) is 5.17. The molecule has 0 bridgehead atoms. The molecule has 18 heavy (non-hydrogen) atoms. The van der Waals surface area contributed by atoms with Gasteiger partial charge >= 0.3 is 12.1 Å². The molecule has 7 heteroatoms. The van der Waals surface area contributed by atoms with Crippen molar-refractivity contribution in [2.75, 3.05) is 7.11 Å². The third-order valence-electron chi connectivity index (χ3n) is 2.36. The first-order chi connectivity index (χ1) is 8.17. The maximum absolute atomic E-state index is 12.9. The average molecular weight is 272 g/mol. The van der Waals surface area contributed by atoms with E-state index in [1.54, 1.807) is 0 Å². The first kappa shape index (κ1) is 14.8. The normalized spacial score (nSPS) is 14.6. The predicted octanol–water partition coefficient (Wildman–Crippen LogP) is 4.10. The van der Waals surface area contributed by atoms with Gasteiger partial charge in [0.05, 0.1) is 12.5 Å². The zero-order valence-electron chi connectivity index (χ0n) is 9.27. The van der Waals surface area contributed by atoms with E-state index in [0.29, 0.717) is 0 Å². The predicted molar refractivity (Wildman–Crippen MR) is 51.8 cm³/mol. The topological polar surface area (TPSA) is 9.23 Å². The molecule has 0 aliphatic heterocycles. The molecule has 1 rings (SSSR count). The fourth-order valence-corrected chi connectivity index (χ4v) is 1.39. The van der Waals surface area contributed by atoms with Crippen molar-refractivity contribution in [3.63, 3.8) is 0 Å². The molecule has 0 aliphatic carbocycles. The standard InChI is InChI=1S/C11H10F6O/c1-18-9(6-10(13,14)11(15,16)17)7-3-2-4-8(12)5-7/h2-5,9H,6H2,1H3. The van der Waals surface area contributed by atoms with Crippen LogP contribution in [0.25, 0.3) is 0 Å². The van der Waals surface area contributed by atoms with E-state index >= 15 is 0 Å². The third-order valence-corrected chi connectivity index (χ3v) is 2.36. The molecule has 0 aromatic heterocycles. The molecule has 102 valence electrons. The van der Waals surface area contributed by atoms with E-state index in [1.807, 2.05) is 0 Å². The number of hydrogen-bond acceptors (Lipinski definition) is 1. The molecule has 0 amide bonds. The van der Waals surface area contributed by atoms with Crippen LogP contribution in [-0.2, 0) is 4.74 Å². The lowest BCUT2D eigenvalue weighted by Gasteiger charge is -2.24. The van der Waals surface area contributed by atoms with Gasteiger partial charge < -0.3 is 4.74 Å². The van der Waals surface area contributed by atoms with Gasteiger partial charge in [0, 0.05) is 7.11 Å². The van der Waals surface area contributed by atoms with Crippen molar-refractivity contribution in [2.45, 2.75) is 24.6 Å². The molecule has 0 fully saturated rings. The molecule has 1 unspecified atom stereocenters. The monoisotopic (exact) mass is 272 g/mol. The van der Waals surface area contributed by atoms with Crippen LogP contribution in [0.1, 0.15) is 18.1 Å². The minimum Gasteiger partial charge on any atom is -0.377 e. The first-order valence-electron chi connectivity index (χ1n) is 4.90. The highest BCUT2D eigenvalue weighted by molar-refractivity contribution is 5.19. The number of ether oxygens (including phenoxy) is 1. The molecular formula is C11H10F6O. The molecule has 1 nitrogen and oxygen atoms in total. The van der Waals surface area contributed by atoms with Gasteiger partial charge in [-0.2, -0.15) is 22.0 Å². The molecule has 0 N–H and O–H groups in total. The smallest absolute Gasteiger partial charge is 0.377 e. The summed E-state index contributed by atoms with van der Waals surface area (Å²) >= 11 is 0. The Balaban J connectivity index is 2.93. The van der Waals surface area contributed by atoms with Crippen LogP contribution in [0.15, 0.2) is 24.3 Å². The molecule has 0 heterocycles. The highest BCUT2D eigenvalue weighted by Gasteiger charge is 2.58. The van der Waals surface area contributed by atoms with Crippen LogP contribution >= 0.6 is 0 Å². The minimum absolute atomic E-state index is 0.0681. The van der Waals surface area contributed by atoms with Crippen LogP contribution in [0, 0.1) is 5.82 Å². The number of alkyl halides is 5. The quantitative estimate of drug-likeness (QED) is 0.750. The average Bonchev–Trinajstić information content (AvgIpc) is 2.24. The van der Waals surface area contributed by atoms with Gasteiger partial charge in [-0.05, 0) is 17.7 Å². The van der Waals surface area contributed by atoms with Crippen LogP contribution in [0.3, 0.4) is 0 Å². The summed E-state index contributed by atoms with van der Waals surface area (Å²) in [6, 6.07) is 4.35. The van der Waals surface area contributed by atoms with Crippen molar-refractivity contribution in [3.8, 4) is 0 Å². The maximum Gasteiger partial charge on any atom is 0.453 e. The van der Waals surface area contributed by atoms with E-state index in [9.17, 15) is 26.3 Å². The second-order valence-corrected chi connectivity index (χ2v) is 3.69. The largest absolute Gasteiger partial charge is 0.453 e. The Morgan fingerprint density at radius 2 is 1.78 bits per heavy atom. The lowest BCUT2D eigenvalue weighted by molar-refractivity contribution is -0.291. The van der Waals surface area contributed by atoms with E-state index in [2.05, 4.69) is 4.74 Å². The lowest BCUT2D eigenvalue weighted by Crippen LogP contribution is -2.38. The van der Waals surface area contributed by atoms with Crippen LogP contribution in [0.2, 0.25) is 0 Å². The highest BCUT2D eigenvalue weighted by Crippen LogP contribution is 2.42. The molecule has 1 aromatic carbocycles. The lowest BCUT2D eigenvalue weighted by atomic mass is 10.0. The second-order valence-electron chi connectivity index (χ2n) is 3.69. The first-order valence-corrected chi connectivity index (χ1v) is 4.90. The Morgan fingerprint density at radius 1 is 1.17 bits per heavy atom. The van der Waals surface area contributed by atoms with E-state index < -0.39 is 30.4 Å². The summed E-state index contributed by atoms with van der Waals surface area (Å²) in [6.07, 6.45) is -8.77. The Hall–Kier alpha value is -1.24. The van der Waals surface area contributed by atoms with Gasteiger partial charge in [-0.15, -0.1) is 0 Å². The molecule has 1 aromatic rings. The molecule has 0 saturated heterocycles. The number of methoxy groups -OCH3 is 1. The fourth-order valence-electron chi connectivity index (χ4n) is 1.39. The Kier molecular flexibility index (Phi) is 4.26. The van der Waals surface area contributed by atoms with Crippen molar-refractivity contribution in [3.05, 3.63) is 35.6 Å². The van der Waals surface area contributed by atoms with Crippen molar-refractivity contribution in [1.82, 2.24) is 0 Å². The fraction of sp³-hybridized carbons (Fsp3) is 0.455. The Bertz CT molecular complexity index is 401. The molecule has 0 radical (unpaired) electrons. The zero-order chi connectivity index (χ0) is 14.0. The van der Waals surface area contributed by atoms with Crippen molar-refractivity contribution >= 4 is 0 Å². The Morgan fingerprint density at radius 3 is 2.22 bits per heavy atom. The zero-order valence-corrected chi connectivity index (χ0v) is 9.27. The molecule has 0 spiro atoms. The molecule has 0 saturated carbocycles. The summed E-state index contributed by atoms with van der Waals surface area (Å²) in [5.74, 6) is -5.62. The van der Waals surface area contributed by atoms with Crippen LogP contribution in [0.5, 0.6) is 0 Å². The molecule has 1 atom stereocenters. The van der Waals surface area contributed by atoms with Crippen LogP contribution in [0.4, 0.5) is 26.3 Å². The van der Waals surface area contributed by atoms with Crippen molar-refractivity contribution in [2.24, 2.45) is 0 Å². The van der Waals surface area contributed by atoms with Gasteiger partial charge in [-0.25, -0.2) is 4.39 Å². The Labute approximate surface area is 99.4 Å².